The van der Waals surface area contributed by atoms with Crippen LogP contribution in [0.3, 0.4) is 0 Å². The molecule has 2 nitrogen and oxygen atoms in total. The molecule has 0 heterocycles. The van der Waals surface area contributed by atoms with Crippen molar-refractivity contribution in [2.75, 3.05) is 0 Å². The lowest BCUT2D eigenvalue weighted by atomic mass is 9.87. The second kappa shape index (κ2) is 2.75. The molecular formula is C7H10F2O2. The number of carbonyl (C=O) groups is 1. The maximum Gasteiger partial charge on any atom is 0.306 e. The Balaban J connectivity index is 2.41. The van der Waals surface area contributed by atoms with Crippen LogP contribution in [-0.4, -0.2) is 17.0 Å². The van der Waals surface area contributed by atoms with Crippen LogP contribution in [0.25, 0.3) is 1.43 Å². The summed E-state index contributed by atoms with van der Waals surface area (Å²) in [6.45, 7) is 0. The summed E-state index contributed by atoms with van der Waals surface area (Å²) >= 11 is 0. The zero-order valence-corrected chi connectivity index (χ0v) is 5.98. The van der Waals surface area contributed by atoms with Crippen LogP contribution in [0.4, 0.5) is 8.78 Å². The first-order valence-electron chi connectivity index (χ1n) is 4.01. The van der Waals surface area contributed by atoms with Crippen LogP contribution in [-0.2, 0) is 4.79 Å². The Labute approximate surface area is 64.7 Å². The van der Waals surface area contributed by atoms with Gasteiger partial charge in [0.05, 0.1) is 5.92 Å². The molecule has 0 aromatic heterocycles. The van der Waals surface area contributed by atoms with Crippen molar-refractivity contribution in [1.82, 2.24) is 0 Å². The smallest absolute Gasteiger partial charge is 0.306 e. The van der Waals surface area contributed by atoms with E-state index in [-0.39, 0.29) is 25.7 Å². The van der Waals surface area contributed by atoms with Crippen LogP contribution in [0.15, 0.2) is 0 Å². The molecule has 4 heteroatoms. The summed E-state index contributed by atoms with van der Waals surface area (Å²) in [6.07, 6.45) is -0.283. The van der Waals surface area contributed by atoms with Crippen LogP contribution >= 0.6 is 0 Å². The van der Waals surface area contributed by atoms with Gasteiger partial charge >= 0.3 is 5.97 Å². The Morgan fingerprint density at radius 3 is 2.55 bits per heavy atom. The van der Waals surface area contributed by atoms with Gasteiger partial charge in [-0.1, -0.05) is 0 Å². The molecule has 0 aliphatic heterocycles. The molecule has 0 atom stereocenters. The molecule has 0 aromatic carbocycles. The zero-order valence-electron chi connectivity index (χ0n) is 6.98. The van der Waals surface area contributed by atoms with Crippen LogP contribution in [0.5, 0.6) is 0 Å². The van der Waals surface area contributed by atoms with E-state index in [0.29, 0.717) is 0 Å². The van der Waals surface area contributed by atoms with Gasteiger partial charge in [-0.15, -0.1) is 0 Å². The minimum absolute atomic E-state index is 0.130. The monoisotopic (exact) mass is 165 g/mol. The average Bonchev–Trinajstić information content (AvgIpc) is 2.03. The molecule has 1 aliphatic rings. The number of hydrogen-bond donors (Lipinski definition) is 1. The quantitative estimate of drug-likeness (QED) is 0.644. The highest BCUT2D eigenvalue weighted by molar-refractivity contribution is 5.70. The minimum Gasteiger partial charge on any atom is -0.481 e. The minimum atomic E-state index is -2.63. The van der Waals surface area contributed by atoms with E-state index in [9.17, 15) is 13.6 Å². The molecule has 1 N–H and O–H groups in total. The highest BCUT2D eigenvalue weighted by Gasteiger charge is 2.37. The molecule has 1 rings (SSSR count). The van der Waals surface area contributed by atoms with Crippen molar-refractivity contribution in [2.45, 2.75) is 31.6 Å². The van der Waals surface area contributed by atoms with Crippen LogP contribution in [0, 0.1) is 5.92 Å². The molecule has 0 amide bonds. The molecule has 0 radical (unpaired) electrons. The lowest BCUT2D eigenvalue weighted by molar-refractivity contribution is -0.145. The van der Waals surface area contributed by atoms with Gasteiger partial charge in [-0.3, -0.25) is 4.79 Å². The standard InChI is InChI=1S/C7H10F2O2/c8-7(9)3-1-5(2-4-7)6(10)11/h5H,1-4H2,(H,10,11)/i/hD. The molecule has 1 fully saturated rings. The Morgan fingerprint density at radius 1 is 1.55 bits per heavy atom. The third-order valence-electron chi connectivity index (χ3n) is 2.05. The van der Waals surface area contributed by atoms with Gasteiger partial charge < -0.3 is 5.11 Å². The fourth-order valence-electron chi connectivity index (χ4n) is 1.28. The number of aliphatic carboxylic acids is 1. The predicted molar refractivity (Wildman–Crippen MR) is 34.5 cm³/mol. The number of rotatable bonds is 1. The molecule has 64 valence electrons. The van der Waals surface area contributed by atoms with Gasteiger partial charge in [-0.2, -0.15) is 0 Å². The van der Waals surface area contributed by atoms with Gasteiger partial charge in [0.2, 0.25) is 5.92 Å². The van der Waals surface area contributed by atoms with Crippen molar-refractivity contribution in [2.24, 2.45) is 5.92 Å². The van der Waals surface area contributed by atoms with Crippen LogP contribution in [0.1, 0.15) is 25.7 Å². The fourth-order valence-corrected chi connectivity index (χ4v) is 1.28. The lowest BCUT2D eigenvalue weighted by Gasteiger charge is -2.25. The van der Waals surface area contributed by atoms with E-state index in [2.05, 4.69) is 5.11 Å². The molecule has 11 heavy (non-hydrogen) atoms. The molecule has 0 unspecified atom stereocenters. The molecule has 1 aliphatic carbocycles. The predicted octanol–water partition coefficient (Wildman–Crippen LogP) is 1.90. The van der Waals surface area contributed by atoms with E-state index >= 15 is 0 Å². The molecule has 1 saturated carbocycles. The van der Waals surface area contributed by atoms with Crippen molar-refractivity contribution < 1.29 is 18.7 Å². The summed E-state index contributed by atoms with van der Waals surface area (Å²) in [7, 11) is 0. The van der Waals surface area contributed by atoms with Gasteiger partial charge in [0.25, 0.3) is 1.43 Å². The molecule has 0 bridgehead atoms. The number of carboxylic acid groups (broad SMARTS) is 1. The summed E-state index contributed by atoms with van der Waals surface area (Å²) in [4.78, 5) is 10.7. The topological polar surface area (TPSA) is 37.3 Å². The van der Waals surface area contributed by atoms with E-state index in [1.165, 1.54) is 0 Å². The Bertz CT molecular complexity index is 174. The van der Waals surface area contributed by atoms with E-state index < -0.39 is 17.8 Å². The summed E-state index contributed by atoms with van der Waals surface area (Å²) in [5.74, 6) is -3.81. The summed E-state index contributed by atoms with van der Waals surface area (Å²) in [5, 5.41) is 3.72. The summed E-state index contributed by atoms with van der Waals surface area (Å²) < 4.78 is 31.4. The Morgan fingerprint density at radius 2 is 2.09 bits per heavy atom. The number of halogens is 2. The van der Waals surface area contributed by atoms with E-state index in [1.807, 2.05) is 0 Å². The van der Waals surface area contributed by atoms with E-state index in [0.717, 1.165) is 0 Å². The third kappa shape index (κ3) is 2.13. The molecule has 0 spiro atoms. The van der Waals surface area contributed by atoms with Crippen molar-refractivity contribution >= 4 is 5.97 Å². The van der Waals surface area contributed by atoms with Crippen molar-refractivity contribution in [3.8, 4) is 0 Å². The fraction of sp³-hybridized carbons (Fsp3) is 0.857. The van der Waals surface area contributed by atoms with E-state index in [4.69, 9.17) is 1.43 Å². The summed E-state index contributed by atoms with van der Waals surface area (Å²) in [6, 6.07) is 0. The Kier molecular flexibility index (Phi) is 1.75. The molecular weight excluding hydrogens is 154 g/mol. The Hall–Kier alpha value is -0.670. The maximum absolute atomic E-state index is 12.5. The molecule has 0 aromatic rings. The number of alkyl halides is 2. The van der Waals surface area contributed by atoms with E-state index in [1.54, 1.807) is 0 Å². The van der Waals surface area contributed by atoms with Crippen molar-refractivity contribution in [1.29, 1.82) is 1.43 Å². The van der Waals surface area contributed by atoms with Gasteiger partial charge in [-0.05, 0) is 12.8 Å². The van der Waals surface area contributed by atoms with Crippen LogP contribution in [0.2, 0.25) is 0 Å². The highest BCUT2D eigenvalue weighted by atomic mass is 19.3. The van der Waals surface area contributed by atoms with Crippen molar-refractivity contribution in [3.63, 3.8) is 0 Å². The largest absolute Gasteiger partial charge is 0.481 e. The first kappa shape index (κ1) is 7.00. The van der Waals surface area contributed by atoms with Gasteiger partial charge in [0.1, 0.15) is 0 Å². The second-order valence-electron chi connectivity index (χ2n) is 2.95. The average molecular weight is 165 g/mol. The van der Waals surface area contributed by atoms with Gasteiger partial charge in [-0.25, -0.2) is 8.78 Å². The number of carboxylic acids is 1. The van der Waals surface area contributed by atoms with Crippen LogP contribution < -0.4 is 0 Å². The molecule has 0 saturated heterocycles. The SMILES string of the molecule is [2H]OC(=O)C1CCC(F)(F)CC1. The zero-order chi connectivity index (χ0) is 9.19. The lowest BCUT2D eigenvalue weighted by Crippen LogP contribution is -2.28. The third-order valence-corrected chi connectivity index (χ3v) is 2.05. The van der Waals surface area contributed by atoms with Crippen molar-refractivity contribution in [3.05, 3.63) is 0 Å². The number of hydrogen-bond acceptors (Lipinski definition) is 2. The second-order valence-corrected chi connectivity index (χ2v) is 2.95. The first-order chi connectivity index (χ1) is 5.55. The normalized spacial score (nSPS) is 25.8. The highest BCUT2D eigenvalue weighted by Crippen LogP contribution is 2.35. The van der Waals surface area contributed by atoms with Gasteiger partial charge in [0, 0.05) is 12.8 Å². The van der Waals surface area contributed by atoms with Gasteiger partial charge in [0.15, 0.2) is 0 Å². The summed E-state index contributed by atoms with van der Waals surface area (Å²) in [5.41, 5.74) is 0. The maximum atomic E-state index is 12.5. The first-order valence-corrected chi connectivity index (χ1v) is 3.60.